The molecule has 0 amide bonds. The number of aryl methyl sites for hydroxylation is 2. The van der Waals surface area contributed by atoms with Gasteiger partial charge >= 0.3 is 5.97 Å². The van der Waals surface area contributed by atoms with Crippen molar-refractivity contribution in [3.05, 3.63) is 64.7 Å². The van der Waals surface area contributed by atoms with Crippen LogP contribution in [-0.4, -0.2) is 65.5 Å². The summed E-state index contributed by atoms with van der Waals surface area (Å²) in [5.41, 5.74) is 7.08. The van der Waals surface area contributed by atoms with Gasteiger partial charge in [0.15, 0.2) is 5.82 Å². The monoisotopic (exact) mass is 573 g/mol. The van der Waals surface area contributed by atoms with E-state index in [4.69, 9.17) is 26.4 Å². The molecule has 9 heteroatoms. The molecule has 0 unspecified atom stereocenters. The van der Waals surface area contributed by atoms with Crippen molar-refractivity contribution in [2.24, 2.45) is 7.05 Å². The van der Waals surface area contributed by atoms with Crippen LogP contribution in [0.4, 0.5) is 5.82 Å². The third-order valence-electron chi connectivity index (χ3n) is 7.65. The van der Waals surface area contributed by atoms with Crippen LogP contribution in [0.3, 0.4) is 0 Å². The molecule has 206 valence electrons. The van der Waals surface area contributed by atoms with E-state index in [1.54, 1.807) is 11.3 Å². The number of thiazole rings is 1. The Balaban J connectivity index is 1.49. The number of carbonyl (C=O) groups excluding carboxylic acids is 1. The van der Waals surface area contributed by atoms with E-state index in [9.17, 15) is 4.79 Å². The molecule has 0 spiro atoms. The molecule has 1 saturated heterocycles. The topological polar surface area (TPSA) is 63.5 Å². The van der Waals surface area contributed by atoms with E-state index in [2.05, 4.69) is 41.1 Å². The van der Waals surface area contributed by atoms with Crippen LogP contribution < -0.4 is 4.90 Å². The Labute approximate surface area is 242 Å². The number of piperazine rings is 1. The fraction of sp³-hybridized carbons (Fsp3) is 0.323. The van der Waals surface area contributed by atoms with Crippen LogP contribution in [0, 0.1) is 6.92 Å². The first-order valence-electron chi connectivity index (χ1n) is 13.6. The van der Waals surface area contributed by atoms with Crippen molar-refractivity contribution in [2.75, 3.05) is 44.7 Å². The number of fused-ring (bicyclic) bond motifs is 2. The summed E-state index contributed by atoms with van der Waals surface area (Å²) in [6.07, 6.45) is 0.205. The number of rotatable bonds is 6. The van der Waals surface area contributed by atoms with Crippen LogP contribution in [0.1, 0.15) is 18.1 Å². The van der Waals surface area contributed by atoms with Gasteiger partial charge in [0.25, 0.3) is 0 Å². The van der Waals surface area contributed by atoms with Gasteiger partial charge in [-0.15, -0.1) is 11.3 Å². The lowest BCUT2D eigenvalue weighted by Crippen LogP contribution is -2.44. The normalized spacial score (nSPS) is 14.4. The second-order valence-electron chi connectivity index (χ2n) is 10.4. The van der Waals surface area contributed by atoms with Gasteiger partial charge in [0.05, 0.1) is 28.8 Å². The molecule has 0 atom stereocenters. The van der Waals surface area contributed by atoms with Crippen molar-refractivity contribution in [3.8, 4) is 21.7 Å². The van der Waals surface area contributed by atoms with Gasteiger partial charge in [-0.05, 0) is 74.0 Å². The van der Waals surface area contributed by atoms with E-state index < -0.39 is 0 Å². The first kappa shape index (κ1) is 26.7. The number of benzene rings is 3. The van der Waals surface area contributed by atoms with Crippen molar-refractivity contribution >= 4 is 55.8 Å². The molecule has 0 bridgehead atoms. The lowest BCUT2D eigenvalue weighted by molar-refractivity contribution is -0.142. The zero-order chi connectivity index (χ0) is 28.0. The van der Waals surface area contributed by atoms with E-state index in [1.165, 1.54) is 0 Å². The fourth-order valence-corrected chi connectivity index (χ4v) is 6.76. The van der Waals surface area contributed by atoms with Gasteiger partial charge in [0.1, 0.15) is 5.01 Å². The molecule has 1 aliphatic rings. The maximum Gasteiger partial charge on any atom is 0.310 e. The molecule has 0 saturated carbocycles. The number of carbonyl (C=O) groups is 1. The number of ether oxygens (including phenoxy) is 1. The zero-order valence-corrected chi connectivity index (χ0v) is 24.8. The third kappa shape index (κ3) is 4.96. The van der Waals surface area contributed by atoms with Crippen molar-refractivity contribution in [2.45, 2.75) is 20.3 Å². The van der Waals surface area contributed by atoms with Crippen LogP contribution in [0.5, 0.6) is 0 Å². The summed E-state index contributed by atoms with van der Waals surface area (Å²) in [7, 11) is 4.17. The SMILES string of the molecule is CCOC(=O)Cc1c(C)cc2nc(-c3ccc4c(c3)c(N3CCN(C)CC3)nn4C)sc2c1-c1ccc(Cl)cc1. The third-order valence-corrected chi connectivity index (χ3v) is 9.04. The van der Waals surface area contributed by atoms with E-state index in [0.29, 0.717) is 11.6 Å². The minimum atomic E-state index is -0.233. The molecule has 40 heavy (non-hydrogen) atoms. The van der Waals surface area contributed by atoms with Crippen molar-refractivity contribution in [1.29, 1.82) is 0 Å². The van der Waals surface area contributed by atoms with Gasteiger partial charge < -0.3 is 14.5 Å². The minimum absolute atomic E-state index is 0.205. The lowest BCUT2D eigenvalue weighted by Gasteiger charge is -2.32. The number of hydrogen-bond donors (Lipinski definition) is 0. The fourth-order valence-electron chi connectivity index (χ4n) is 5.50. The van der Waals surface area contributed by atoms with Gasteiger partial charge in [0.2, 0.25) is 0 Å². The standard InChI is InChI=1S/C31H32ClN5O2S/c1-5-39-27(38)18-23-19(2)16-25-29(28(23)20-6-9-22(32)10-7-20)40-31(33-25)21-8-11-26-24(17-21)30(34-36(26)4)37-14-12-35(3)13-15-37/h6-11,16-17H,5,12-15,18H2,1-4H3. The highest BCUT2D eigenvalue weighted by Crippen LogP contribution is 2.42. The van der Waals surface area contributed by atoms with Crippen molar-refractivity contribution in [3.63, 3.8) is 0 Å². The summed E-state index contributed by atoms with van der Waals surface area (Å²) in [4.78, 5) is 22.4. The molecule has 1 fully saturated rings. The first-order chi connectivity index (χ1) is 19.3. The molecule has 1 aliphatic heterocycles. The molecule has 6 rings (SSSR count). The summed E-state index contributed by atoms with van der Waals surface area (Å²) in [5, 5.41) is 7.64. The number of esters is 1. The van der Waals surface area contributed by atoms with Crippen molar-refractivity contribution < 1.29 is 9.53 Å². The van der Waals surface area contributed by atoms with Gasteiger partial charge in [-0.25, -0.2) is 4.98 Å². The summed E-state index contributed by atoms with van der Waals surface area (Å²) < 4.78 is 8.34. The highest BCUT2D eigenvalue weighted by Gasteiger charge is 2.23. The summed E-state index contributed by atoms with van der Waals surface area (Å²) in [6, 6.07) is 16.4. The average Bonchev–Trinajstić information content (AvgIpc) is 3.51. The summed E-state index contributed by atoms with van der Waals surface area (Å²) in [6.45, 7) is 8.19. The van der Waals surface area contributed by atoms with E-state index in [-0.39, 0.29) is 12.4 Å². The van der Waals surface area contributed by atoms with E-state index in [0.717, 1.165) is 85.9 Å². The smallest absolute Gasteiger partial charge is 0.310 e. The van der Waals surface area contributed by atoms with Crippen molar-refractivity contribution in [1.82, 2.24) is 19.7 Å². The number of likely N-dealkylation sites (N-methyl/N-ethyl adjacent to an activating group) is 1. The summed E-state index contributed by atoms with van der Waals surface area (Å²) in [5.74, 6) is 0.798. The van der Waals surface area contributed by atoms with Gasteiger partial charge in [-0.3, -0.25) is 9.48 Å². The first-order valence-corrected chi connectivity index (χ1v) is 14.8. The molecular formula is C31H32ClN5O2S. The Kier molecular flexibility index (Phi) is 7.25. The number of nitrogens with zero attached hydrogens (tertiary/aromatic N) is 5. The van der Waals surface area contributed by atoms with Crippen LogP contribution in [-0.2, 0) is 23.0 Å². The molecule has 5 aromatic rings. The second kappa shape index (κ2) is 10.8. The van der Waals surface area contributed by atoms with Crippen LogP contribution in [0.25, 0.3) is 42.8 Å². The highest BCUT2D eigenvalue weighted by atomic mass is 35.5. The largest absolute Gasteiger partial charge is 0.466 e. The van der Waals surface area contributed by atoms with Gasteiger partial charge in [-0.1, -0.05) is 23.7 Å². The molecule has 7 nitrogen and oxygen atoms in total. The molecule has 3 heterocycles. The molecule has 0 aliphatic carbocycles. The van der Waals surface area contributed by atoms with E-state index in [1.807, 2.05) is 49.8 Å². The Morgan fingerprint density at radius 2 is 1.75 bits per heavy atom. The molecule has 0 N–H and O–H groups in total. The quantitative estimate of drug-likeness (QED) is 0.221. The second-order valence-corrected chi connectivity index (χ2v) is 11.8. The number of halogens is 1. The summed E-state index contributed by atoms with van der Waals surface area (Å²) >= 11 is 7.88. The van der Waals surface area contributed by atoms with Gasteiger partial charge in [0, 0.05) is 54.8 Å². The molecule has 2 aromatic heterocycles. The molecule has 3 aromatic carbocycles. The maximum atomic E-state index is 12.6. The van der Waals surface area contributed by atoms with Crippen LogP contribution in [0.2, 0.25) is 5.02 Å². The van der Waals surface area contributed by atoms with E-state index >= 15 is 0 Å². The lowest BCUT2D eigenvalue weighted by atomic mass is 9.93. The molecule has 0 radical (unpaired) electrons. The zero-order valence-electron chi connectivity index (χ0n) is 23.2. The molecular weight excluding hydrogens is 542 g/mol. The Morgan fingerprint density at radius 3 is 2.48 bits per heavy atom. The highest BCUT2D eigenvalue weighted by molar-refractivity contribution is 7.22. The number of hydrogen-bond acceptors (Lipinski definition) is 7. The number of aromatic nitrogens is 3. The predicted octanol–water partition coefficient (Wildman–Crippen LogP) is 6.34. The predicted molar refractivity (Wildman–Crippen MR) is 165 cm³/mol. The van der Waals surface area contributed by atoms with Gasteiger partial charge in [-0.2, -0.15) is 5.10 Å². The average molecular weight is 574 g/mol. The Bertz CT molecular complexity index is 1720. The maximum absolute atomic E-state index is 12.6. The number of anilines is 1. The minimum Gasteiger partial charge on any atom is -0.466 e. The Morgan fingerprint density at radius 1 is 1.02 bits per heavy atom. The van der Waals surface area contributed by atoms with Crippen LogP contribution in [0.15, 0.2) is 48.5 Å². The van der Waals surface area contributed by atoms with Crippen LogP contribution >= 0.6 is 22.9 Å². The Hall–Kier alpha value is -3.46.